The van der Waals surface area contributed by atoms with Crippen molar-refractivity contribution in [3.8, 4) is 5.69 Å². The summed E-state index contributed by atoms with van der Waals surface area (Å²) in [4.78, 5) is 3.64. The van der Waals surface area contributed by atoms with E-state index in [4.69, 9.17) is 0 Å². The summed E-state index contributed by atoms with van der Waals surface area (Å²) in [5, 5.41) is 3.83. The van der Waals surface area contributed by atoms with Crippen LogP contribution >= 0.6 is 0 Å². The summed E-state index contributed by atoms with van der Waals surface area (Å²) in [5.41, 5.74) is 0.136. The van der Waals surface area contributed by atoms with E-state index in [1.165, 1.54) is 58.0 Å². The van der Waals surface area contributed by atoms with Crippen LogP contribution in [0.5, 0.6) is 0 Å². The lowest BCUT2D eigenvalue weighted by Crippen LogP contribution is -2.27. The molecule has 3 aromatic rings. The van der Waals surface area contributed by atoms with Crippen molar-refractivity contribution in [3.63, 3.8) is 0 Å². The number of halogens is 1. The van der Waals surface area contributed by atoms with Gasteiger partial charge in [-0.05, 0) is 49.2 Å². The molecular formula is C18H18FN5O4S2. The smallest absolute Gasteiger partial charge is 0.261 e. The first kappa shape index (κ1) is 20.4. The average molecular weight is 452 g/mol. The number of aromatic nitrogens is 3. The fourth-order valence-electron chi connectivity index (χ4n) is 3.17. The zero-order valence-corrected chi connectivity index (χ0v) is 17.3. The molecule has 2 heterocycles. The van der Waals surface area contributed by atoms with Crippen molar-refractivity contribution in [2.45, 2.75) is 22.6 Å². The van der Waals surface area contributed by atoms with Gasteiger partial charge in [-0.25, -0.2) is 30.9 Å². The number of nitrogens with zero attached hydrogens (tertiary/aromatic N) is 4. The molecule has 0 aliphatic carbocycles. The molecule has 1 fully saturated rings. The number of anilines is 1. The summed E-state index contributed by atoms with van der Waals surface area (Å²) in [6, 6.07) is 8.74. The maximum Gasteiger partial charge on any atom is 0.261 e. The third kappa shape index (κ3) is 3.93. The molecule has 0 saturated carbocycles. The molecule has 1 aliphatic rings. The number of sulfonamides is 2. The molecule has 0 atom stereocenters. The van der Waals surface area contributed by atoms with Crippen molar-refractivity contribution in [3.05, 3.63) is 60.9 Å². The summed E-state index contributed by atoms with van der Waals surface area (Å²) < 4.78 is 69.6. The molecule has 0 spiro atoms. The molecule has 0 amide bonds. The molecule has 1 aromatic heterocycles. The van der Waals surface area contributed by atoms with Crippen molar-refractivity contribution in [2.24, 2.45) is 0 Å². The molecule has 0 radical (unpaired) electrons. The molecule has 30 heavy (non-hydrogen) atoms. The van der Waals surface area contributed by atoms with Gasteiger partial charge in [0.1, 0.15) is 18.3 Å². The minimum Gasteiger partial charge on any atom is -0.280 e. The molecule has 1 saturated heterocycles. The fourth-order valence-corrected chi connectivity index (χ4v) is 5.74. The molecule has 158 valence electrons. The lowest BCUT2D eigenvalue weighted by atomic mass is 10.3. The summed E-state index contributed by atoms with van der Waals surface area (Å²) in [5.74, 6) is -0.687. The second-order valence-electron chi connectivity index (χ2n) is 6.69. The molecule has 1 aliphatic heterocycles. The van der Waals surface area contributed by atoms with E-state index in [2.05, 4.69) is 14.8 Å². The minimum atomic E-state index is -4.04. The van der Waals surface area contributed by atoms with Crippen molar-refractivity contribution < 1.29 is 21.2 Å². The highest BCUT2D eigenvalue weighted by atomic mass is 32.2. The first-order chi connectivity index (χ1) is 14.3. The minimum absolute atomic E-state index is 0.0186. The molecule has 12 heteroatoms. The largest absolute Gasteiger partial charge is 0.280 e. The van der Waals surface area contributed by atoms with Crippen LogP contribution in [0.4, 0.5) is 10.1 Å². The van der Waals surface area contributed by atoms with Gasteiger partial charge in [0.2, 0.25) is 10.0 Å². The van der Waals surface area contributed by atoms with Crippen LogP contribution < -0.4 is 4.72 Å². The molecule has 4 rings (SSSR count). The third-order valence-corrected chi connectivity index (χ3v) is 8.01. The van der Waals surface area contributed by atoms with Crippen LogP contribution in [-0.2, 0) is 20.0 Å². The first-order valence-electron chi connectivity index (χ1n) is 9.05. The predicted molar refractivity (Wildman–Crippen MR) is 107 cm³/mol. The number of nitrogens with one attached hydrogen (secondary N) is 1. The van der Waals surface area contributed by atoms with E-state index in [0.29, 0.717) is 13.1 Å². The lowest BCUT2D eigenvalue weighted by Gasteiger charge is -2.16. The highest BCUT2D eigenvalue weighted by Crippen LogP contribution is 2.24. The Morgan fingerprint density at radius 3 is 2.20 bits per heavy atom. The molecule has 0 bridgehead atoms. The summed E-state index contributed by atoms with van der Waals surface area (Å²) in [6.45, 7) is 0.917. The van der Waals surface area contributed by atoms with Crippen molar-refractivity contribution in [1.29, 1.82) is 0 Å². The number of hydrogen-bond acceptors (Lipinski definition) is 6. The van der Waals surface area contributed by atoms with Crippen LogP contribution in [0.25, 0.3) is 5.69 Å². The zero-order valence-electron chi connectivity index (χ0n) is 15.6. The van der Waals surface area contributed by atoms with Crippen LogP contribution in [0, 0.1) is 5.82 Å². The van der Waals surface area contributed by atoms with E-state index in [-0.39, 0.29) is 21.2 Å². The number of hydrogen-bond donors (Lipinski definition) is 1. The Kier molecular flexibility index (Phi) is 5.30. The van der Waals surface area contributed by atoms with E-state index in [9.17, 15) is 21.2 Å². The zero-order chi connectivity index (χ0) is 21.4. The van der Waals surface area contributed by atoms with Gasteiger partial charge in [-0.2, -0.15) is 9.40 Å². The van der Waals surface area contributed by atoms with Gasteiger partial charge in [0.15, 0.2) is 5.82 Å². The Morgan fingerprint density at radius 2 is 1.60 bits per heavy atom. The maximum atomic E-state index is 14.3. The van der Waals surface area contributed by atoms with E-state index >= 15 is 0 Å². The summed E-state index contributed by atoms with van der Waals surface area (Å²) >= 11 is 0. The second-order valence-corrected chi connectivity index (χ2v) is 10.3. The van der Waals surface area contributed by atoms with Crippen molar-refractivity contribution >= 4 is 25.7 Å². The fraction of sp³-hybridized carbons (Fsp3) is 0.222. The van der Waals surface area contributed by atoms with E-state index in [0.717, 1.165) is 18.9 Å². The van der Waals surface area contributed by atoms with Gasteiger partial charge in [0, 0.05) is 19.2 Å². The number of rotatable bonds is 6. The SMILES string of the molecule is O=S(=O)(Nc1ccc(-n2cncn2)c(F)c1)c1ccc(S(=O)(=O)N2CCCC2)cc1. The Morgan fingerprint density at radius 1 is 0.933 bits per heavy atom. The van der Waals surface area contributed by atoms with Crippen LogP contribution in [0.3, 0.4) is 0 Å². The maximum absolute atomic E-state index is 14.3. The quantitative estimate of drug-likeness (QED) is 0.613. The second kappa shape index (κ2) is 7.78. The third-order valence-electron chi connectivity index (χ3n) is 4.70. The van der Waals surface area contributed by atoms with E-state index in [1.807, 2.05) is 0 Å². The molecular weight excluding hydrogens is 433 g/mol. The highest BCUT2D eigenvalue weighted by molar-refractivity contribution is 7.92. The van der Waals surface area contributed by atoms with Gasteiger partial charge in [0.25, 0.3) is 10.0 Å². The van der Waals surface area contributed by atoms with Crippen LogP contribution in [-0.4, -0.2) is 49.0 Å². The highest BCUT2D eigenvalue weighted by Gasteiger charge is 2.27. The predicted octanol–water partition coefficient (Wildman–Crippen LogP) is 1.99. The Bertz CT molecular complexity index is 1250. The van der Waals surface area contributed by atoms with Crippen LogP contribution in [0.15, 0.2) is 64.9 Å². The van der Waals surface area contributed by atoms with Gasteiger partial charge in [0.05, 0.1) is 15.5 Å². The molecule has 0 unspecified atom stereocenters. The lowest BCUT2D eigenvalue weighted by molar-refractivity contribution is 0.477. The normalized spacial score (nSPS) is 15.4. The van der Waals surface area contributed by atoms with Gasteiger partial charge in [-0.1, -0.05) is 0 Å². The van der Waals surface area contributed by atoms with E-state index < -0.39 is 25.9 Å². The van der Waals surface area contributed by atoms with E-state index in [1.54, 1.807) is 0 Å². The Labute approximate surface area is 173 Å². The molecule has 2 aromatic carbocycles. The van der Waals surface area contributed by atoms with Crippen LogP contribution in [0.1, 0.15) is 12.8 Å². The Balaban J connectivity index is 1.55. The summed E-state index contributed by atoms with van der Waals surface area (Å²) in [6.07, 6.45) is 4.19. The van der Waals surface area contributed by atoms with Crippen LogP contribution in [0.2, 0.25) is 0 Å². The van der Waals surface area contributed by atoms with Gasteiger partial charge < -0.3 is 0 Å². The van der Waals surface area contributed by atoms with Crippen molar-refractivity contribution in [1.82, 2.24) is 19.1 Å². The van der Waals surface area contributed by atoms with Crippen molar-refractivity contribution in [2.75, 3.05) is 17.8 Å². The topological polar surface area (TPSA) is 114 Å². The summed E-state index contributed by atoms with van der Waals surface area (Å²) in [7, 11) is -7.67. The monoisotopic (exact) mass is 451 g/mol. The number of benzene rings is 2. The van der Waals surface area contributed by atoms with Gasteiger partial charge >= 0.3 is 0 Å². The van der Waals surface area contributed by atoms with Gasteiger partial charge in [-0.15, -0.1) is 0 Å². The standard InChI is InChI=1S/C18H18FN5O4S2/c19-17-11-14(3-8-18(17)24-13-20-12-21-24)22-29(25,26)15-4-6-16(7-5-15)30(27,28)23-9-1-2-10-23/h3-8,11-13,22H,1-2,9-10H2. The molecule has 1 N–H and O–H groups in total. The Hall–Kier alpha value is -2.83. The first-order valence-corrected chi connectivity index (χ1v) is 12.0. The average Bonchev–Trinajstić information content (AvgIpc) is 3.42. The molecule has 9 nitrogen and oxygen atoms in total. The van der Waals surface area contributed by atoms with Gasteiger partial charge in [-0.3, -0.25) is 4.72 Å².